The molecule has 0 heterocycles. The molecule has 0 saturated carbocycles. The van der Waals surface area contributed by atoms with Crippen LogP contribution >= 0.6 is 0 Å². The molecule has 0 fully saturated rings. The molecule has 0 radical (unpaired) electrons. The van der Waals surface area contributed by atoms with Crippen LogP contribution in [0.4, 0.5) is 4.39 Å². The lowest BCUT2D eigenvalue weighted by Gasteiger charge is -2.26. The lowest BCUT2D eigenvalue weighted by atomic mass is 10.1. The van der Waals surface area contributed by atoms with Crippen LogP contribution in [0, 0.1) is 5.82 Å². The molecule has 1 unspecified atom stereocenters. The van der Waals surface area contributed by atoms with Gasteiger partial charge >= 0.3 is 0 Å². The summed E-state index contributed by atoms with van der Waals surface area (Å²) in [5.41, 5.74) is 0.833. The van der Waals surface area contributed by atoms with E-state index in [1.165, 1.54) is 12.1 Å². The van der Waals surface area contributed by atoms with Crippen LogP contribution in [0.5, 0.6) is 0 Å². The van der Waals surface area contributed by atoms with Crippen molar-refractivity contribution in [2.45, 2.75) is 52.4 Å². The molecule has 0 amide bonds. The second-order valence-corrected chi connectivity index (χ2v) is 6.46. The van der Waals surface area contributed by atoms with Crippen LogP contribution in [0.1, 0.15) is 46.3 Å². The molecule has 1 rings (SSSR count). The normalized spacial score (nSPS) is 13.7. The molecule has 3 nitrogen and oxygen atoms in total. The van der Waals surface area contributed by atoms with Crippen molar-refractivity contribution in [1.82, 2.24) is 5.32 Å². The molecule has 1 aromatic rings. The maximum atomic E-state index is 13.4. The molecule has 1 N–H and O–H groups in total. The predicted molar refractivity (Wildman–Crippen MR) is 83.9 cm³/mol. The first-order valence-corrected chi connectivity index (χ1v) is 7.51. The summed E-state index contributed by atoms with van der Waals surface area (Å²) in [6, 6.07) is 6.57. The van der Waals surface area contributed by atoms with E-state index in [0.29, 0.717) is 19.8 Å². The quantitative estimate of drug-likeness (QED) is 0.742. The van der Waals surface area contributed by atoms with E-state index in [2.05, 4.69) is 26.1 Å². The third kappa shape index (κ3) is 8.15. The van der Waals surface area contributed by atoms with Crippen molar-refractivity contribution < 1.29 is 13.9 Å². The van der Waals surface area contributed by atoms with Gasteiger partial charge in [0.25, 0.3) is 0 Å². The van der Waals surface area contributed by atoms with Crippen LogP contribution < -0.4 is 5.32 Å². The highest BCUT2D eigenvalue weighted by atomic mass is 19.1. The molecule has 21 heavy (non-hydrogen) atoms. The topological polar surface area (TPSA) is 30.5 Å². The Morgan fingerprint density at radius 3 is 2.38 bits per heavy atom. The van der Waals surface area contributed by atoms with Gasteiger partial charge in [0, 0.05) is 12.1 Å². The molecule has 0 aromatic heterocycles. The first kappa shape index (κ1) is 18.1. The molecule has 1 aromatic carbocycles. The van der Waals surface area contributed by atoms with E-state index in [1.54, 1.807) is 6.07 Å². The van der Waals surface area contributed by atoms with E-state index < -0.39 is 0 Å². The SMILES string of the molecule is CC(C)OCCOC(CNC(C)(C)C)c1cccc(F)c1. The lowest BCUT2D eigenvalue weighted by molar-refractivity contribution is -0.0146. The molecule has 0 spiro atoms. The smallest absolute Gasteiger partial charge is 0.123 e. The van der Waals surface area contributed by atoms with Crippen LogP contribution in [-0.4, -0.2) is 31.4 Å². The average molecular weight is 297 g/mol. The summed E-state index contributed by atoms with van der Waals surface area (Å²) < 4.78 is 24.7. The Bertz CT molecular complexity index is 415. The van der Waals surface area contributed by atoms with Crippen molar-refractivity contribution in [3.05, 3.63) is 35.6 Å². The summed E-state index contributed by atoms with van der Waals surface area (Å²) in [6.07, 6.45) is 0.00427. The minimum absolute atomic E-state index is 0.0105. The fraction of sp³-hybridized carbons (Fsp3) is 0.647. The van der Waals surface area contributed by atoms with Crippen LogP contribution in [0.25, 0.3) is 0 Å². The van der Waals surface area contributed by atoms with Gasteiger partial charge in [0.2, 0.25) is 0 Å². The Balaban J connectivity index is 2.61. The largest absolute Gasteiger partial charge is 0.376 e. The predicted octanol–water partition coefficient (Wildman–Crippen LogP) is 3.70. The zero-order valence-corrected chi connectivity index (χ0v) is 13.8. The van der Waals surface area contributed by atoms with E-state index in [0.717, 1.165) is 5.56 Å². The molecule has 0 bridgehead atoms. The van der Waals surface area contributed by atoms with Crippen molar-refractivity contribution in [2.75, 3.05) is 19.8 Å². The van der Waals surface area contributed by atoms with Crippen LogP contribution in [0.3, 0.4) is 0 Å². The van der Waals surface area contributed by atoms with Gasteiger partial charge in [-0.2, -0.15) is 0 Å². The minimum atomic E-state index is -0.240. The fourth-order valence-corrected chi connectivity index (χ4v) is 1.85. The number of hydrogen-bond donors (Lipinski definition) is 1. The van der Waals surface area contributed by atoms with Gasteiger partial charge in [-0.3, -0.25) is 0 Å². The summed E-state index contributed by atoms with van der Waals surface area (Å²) in [5.74, 6) is -0.240. The first-order chi connectivity index (χ1) is 9.78. The lowest BCUT2D eigenvalue weighted by Crippen LogP contribution is -2.39. The second-order valence-electron chi connectivity index (χ2n) is 6.46. The molecule has 0 saturated heterocycles. The van der Waals surface area contributed by atoms with Crippen LogP contribution in [-0.2, 0) is 9.47 Å². The van der Waals surface area contributed by atoms with Gasteiger partial charge in [-0.1, -0.05) is 12.1 Å². The second kappa shape index (κ2) is 8.47. The van der Waals surface area contributed by atoms with Gasteiger partial charge in [-0.15, -0.1) is 0 Å². The van der Waals surface area contributed by atoms with Gasteiger partial charge < -0.3 is 14.8 Å². The number of hydrogen-bond acceptors (Lipinski definition) is 3. The zero-order chi connectivity index (χ0) is 15.9. The summed E-state index contributed by atoms with van der Waals surface area (Å²) in [7, 11) is 0. The fourth-order valence-electron chi connectivity index (χ4n) is 1.85. The Kier molecular flexibility index (Phi) is 7.29. The standard InChI is InChI=1S/C17H28FNO2/c1-13(2)20-9-10-21-16(12-19-17(3,4)5)14-7-6-8-15(18)11-14/h6-8,11,13,16,19H,9-10,12H2,1-5H3. The van der Waals surface area contributed by atoms with E-state index >= 15 is 0 Å². The van der Waals surface area contributed by atoms with Crippen LogP contribution in [0.2, 0.25) is 0 Å². The van der Waals surface area contributed by atoms with Gasteiger partial charge in [-0.05, 0) is 52.3 Å². The number of ether oxygens (including phenoxy) is 2. The van der Waals surface area contributed by atoms with Gasteiger partial charge in [-0.25, -0.2) is 4.39 Å². The molecular formula is C17H28FNO2. The summed E-state index contributed by atoms with van der Waals surface area (Å²) in [6.45, 7) is 11.9. The van der Waals surface area contributed by atoms with E-state index in [9.17, 15) is 4.39 Å². The maximum absolute atomic E-state index is 13.4. The van der Waals surface area contributed by atoms with E-state index in [1.807, 2.05) is 19.9 Å². The van der Waals surface area contributed by atoms with Gasteiger partial charge in [0.15, 0.2) is 0 Å². The molecule has 120 valence electrons. The monoisotopic (exact) mass is 297 g/mol. The molecule has 0 aliphatic heterocycles. The number of halogens is 1. The molecule has 0 aliphatic carbocycles. The van der Waals surface area contributed by atoms with Gasteiger partial charge in [0.1, 0.15) is 5.82 Å². The third-order valence-electron chi connectivity index (χ3n) is 2.89. The number of rotatable bonds is 8. The Morgan fingerprint density at radius 2 is 1.81 bits per heavy atom. The van der Waals surface area contributed by atoms with E-state index in [4.69, 9.17) is 9.47 Å². The Labute approximate surface area is 127 Å². The highest BCUT2D eigenvalue weighted by molar-refractivity contribution is 5.19. The minimum Gasteiger partial charge on any atom is -0.376 e. The molecular weight excluding hydrogens is 269 g/mol. The summed E-state index contributed by atoms with van der Waals surface area (Å²) >= 11 is 0. The van der Waals surface area contributed by atoms with Crippen LogP contribution in [0.15, 0.2) is 24.3 Å². The first-order valence-electron chi connectivity index (χ1n) is 7.51. The highest BCUT2D eigenvalue weighted by Crippen LogP contribution is 2.18. The highest BCUT2D eigenvalue weighted by Gasteiger charge is 2.17. The van der Waals surface area contributed by atoms with E-state index in [-0.39, 0.29) is 23.6 Å². The van der Waals surface area contributed by atoms with Crippen molar-refractivity contribution in [2.24, 2.45) is 0 Å². The number of benzene rings is 1. The summed E-state index contributed by atoms with van der Waals surface area (Å²) in [5, 5.41) is 3.40. The molecule has 0 aliphatic rings. The average Bonchev–Trinajstić information content (AvgIpc) is 2.36. The third-order valence-corrected chi connectivity index (χ3v) is 2.89. The Hall–Kier alpha value is -0.970. The Morgan fingerprint density at radius 1 is 1.14 bits per heavy atom. The maximum Gasteiger partial charge on any atom is 0.123 e. The van der Waals surface area contributed by atoms with Gasteiger partial charge in [0.05, 0.1) is 25.4 Å². The van der Waals surface area contributed by atoms with Crippen molar-refractivity contribution in [1.29, 1.82) is 0 Å². The van der Waals surface area contributed by atoms with Crippen molar-refractivity contribution in [3.63, 3.8) is 0 Å². The summed E-state index contributed by atoms with van der Waals surface area (Å²) in [4.78, 5) is 0. The zero-order valence-electron chi connectivity index (χ0n) is 13.8. The van der Waals surface area contributed by atoms with Crippen molar-refractivity contribution in [3.8, 4) is 0 Å². The molecule has 4 heteroatoms. The van der Waals surface area contributed by atoms with Crippen molar-refractivity contribution >= 4 is 0 Å². The molecule has 1 atom stereocenters. The number of nitrogens with one attached hydrogen (secondary N) is 1.